The number of hydrogen-bond acceptors (Lipinski definition) is 6. The Morgan fingerprint density at radius 3 is 2.69 bits per heavy atom. The van der Waals surface area contributed by atoms with Crippen molar-refractivity contribution in [2.24, 2.45) is 0 Å². The molecule has 0 unspecified atom stereocenters. The summed E-state index contributed by atoms with van der Waals surface area (Å²) in [6.45, 7) is 4.38. The van der Waals surface area contributed by atoms with Crippen LogP contribution in [0, 0.1) is 0 Å². The Kier molecular flexibility index (Phi) is 5.65. The number of nitrogen functional groups attached to an aromatic ring is 1. The normalized spacial score (nSPS) is 11.1. The molecule has 1 aromatic carbocycles. The van der Waals surface area contributed by atoms with Gasteiger partial charge in [0.25, 0.3) is 0 Å². The van der Waals surface area contributed by atoms with Gasteiger partial charge in [-0.05, 0) is 18.6 Å². The van der Waals surface area contributed by atoms with Crippen LogP contribution < -0.4 is 11.1 Å². The van der Waals surface area contributed by atoms with Crippen LogP contribution >= 0.6 is 34.5 Å². The van der Waals surface area contributed by atoms with Gasteiger partial charge < -0.3 is 11.1 Å². The van der Waals surface area contributed by atoms with Crippen LogP contribution in [0.15, 0.2) is 18.2 Å². The fourth-order valence-electron chi connectivity index (χ4n) is 2.59. The third-order valence-corrected chi connectivity index (χ3v) is 5.85. The lowest BCUT2D eigenvalue weighted by Crippen LogP contribution is -2.06. The number of aromatic nitrogens is 2. The van der Waals surface area contributed by atoms with E-state index >= 15 is 0 Å². The van der Waals surface area contributed by atoms with Gasteiger partial charge in [-0.15, -0.1) is 11.3 Å². The average molecular weight is 409 g/mol. The van der Waals surface area contributed by atoms with E-state index in [1.165, 1.54) is 18.3 Å². The Morgan fingerprint density at radius 2 is 2.04 bits per heavy atom. The van der Waals surface area contributed by atoms with E-state index < -0.39 is 0 Å². The molecule has 0 saturated heterocycles. The number of nitrogens with one attached hydrogen (secondary N) is 1. The Hall–Kier alpha value is -1.89. The molecule has 3 rings (SSSR count). The van der Waals surface area contributed by atoms with Crippen molar-refractivity contribution in [3.8, 4) is 11.3 Å². The zero-order valence-corrected chi connectivity index (χ0v) is 16.7. The SMILES string of the molecule is CCCCNc1nc(-c2ccc(Cl)c(Cl)c2)c2c(N)c(C(C)=O)sc2n1. The van der Waals surface area contributed by atoms with Crippen LogP contribution in [0.4, 0.5) is 11.6 Å². The molecule has 0 amide bonds. The van der Waals surface area contributed by atoms with Crippen molar-refractivity contribution < 1.29 is 4.79 Å². The van der Waals surface area contributed by atoms with E-state index in [0.717, 1.165) is 24.9 Å². The number of hydrogen-bond donors (Lipinski definition) is 2. The molecule has 26 heavy (non-hydrogen) atoms. The third-order valence-electron chi connectivity index (χ3n) is 3.91. The lowest BCUT2D eigenvalue weighted by molar-refractivity contribution is 0.102. The summed E-state index contributed by atoms with van der Waals surface area (Å²) < 4.78 is 0. The highest BCUT2D eigenvalue weighted by atomic mass is 35.5. The van der Waals surface area contributed by atoms with E-state index in [1.54, 1.807) is 12.1 Å². The van der Waals surface area contributed by atoms with Crippen molar-refractivity contribution in [3.05, 3.63) is 33.1 Å². The first-order valence-corrected chi connectivity index (χ1v) is 9.79. The van der Waals surface area contributed by atoms with Gasteiger partial charge in [-0.2, -0.15) is 0 Å². The van der Waals surface area contributed by atoms with E-state index in [-0.39, 0.29) is 5.78 Å². The molecule has 0 aliphatic heterocycles. The number of benzene rings is 1. The summed E-state index contributed by atoms with van der Waals surface area (Å²) in [4.78, 5) is 22.2. The summed E-state index contributed by atoms with van der Waals surface area (Å²) in [5, 5.41) is 4.79. The minimum atomic E-state index is -0.0916. The lowest BCUT2D eigenvalue weighted by atomic mass is 10.1. The van der Waals surface area contributed by atoms with Crippen molar-refractivity contribution in [2.45, 2.75) is 26.7 Å². The third kappa shape index (κ3) is 3.63. The smallest absolute Gasteiger partial charge is 0.224 e. The van der Waals surface area contributed by atoms with Gasteiger partial charge >= 0.3 is 0 Å². The second kappa shape index (κ2) is 7.78. The largest absolute Gasteiger partial charge is 0.397 e. The highest BCUT2D eigenvalue weighted by Gasteiger charge is 2.20. The van der Waals surface area contributed by atoms with Crippen LogP contribution in [0.2, 0.25) is 10.0 Å². The van der Waals surface area contributed by atoms with Crippen molar-refractivity contribution in [1.82, 2.24) is 9.97 Å². The van der Waals surface area contributed by atoms with Crippen molar-refractivity contribution in [3.63, 3.8) is 0 Å². The number of ketones is 1. The number of Topliss-reactive ketones (excluding diaryl/α,β-unsaturated/α-hetero) is 1. The number of unbranched alkanes of at least 4 members (excludes halogenated alkanes) is 1. The summed E-state index contributed by atoms with van der Waals surface area (Å²) in [5.41, 5.74) is 8.05. The van der Waals surface area contributed by atoms with Crippen molar-refractivity contribution >= 4 is 62.2 Å². The number of carbonyl (C=O) groups is 1. The number of halogens is 2. The number of thiophene rings is 1. The number of anilines is 2. The van der Waals surface area contributed by atoms with Crippen LogP contribution in [0.25, 0.3) is 21.5 Å². The predicted octanol–water partition coefficient (Wildman–Crippen LogP) is 5.66. The van der Waals surface area contributed by atoms with E-state index in [2.05, 4.69) is 22.2 Å². The van der Waals surface area contributed by atoms with Crippen molar-refractivity contribution in [2.75, 3.05) is 17.6 Å². The first kappa shape index (κ1) is 18.9. The number of carbonyl (C=O) groups excluding carboxylic acids is 1. The van der Waals surface area contributed by atoms with Gasteiger partial charge in [-0.25, -0.2) is 9.97 Å². The molecule has 0 saturated carbocycles. The Balaban J connectivity index is 2.22. The molecular weight excluding hydrogens is 391 g/mol. The molecule has 3 N–H and O–H groups in total. The number of nitrogens with two attached hydrogens (primary N) is 1. The van der Waals surface area contributed by atoms with Gasteiger partial charge in [0.2, 0.25) is 5.95 Å². The zero-order valence-electron chi connectivity index (χ0n) is 14.4. The van der Waals surface area contributed by atoms with Gasteiger partial charge in [-0.3, -0.25) is 4.79 Å². The number of rotatable bonds is 6. The molecule has 0 bridgehead atoms. The topological polar surface area (TPSA) is 80.9 Å². The van der Waals surface area contributed by atoms with Gasteiger partial charge in [0, 0.05) is 19.0 Å². The van der Waals surface area contributed by atoms with Crippen LogP contribution in [-0.2, 0) is 0 Å². The predicted molar refractivity (Wildman–Crippen MR) is 111 cm³/mol. The van der Waals surface area contributed by atoms with Crippen molar-refractivity contribution in [1.29, 1.82) is 0 Å². The number of fused-ring (bicyclic) bond motifs is 1. The van der Waals surface area contributed by atoms with Crippen LogP contribution in [-0.4, -0.2) is 22.3 Å². The fraction of sp³-hybridized carbons (Fsp3) is 0.278. The average Bonchev–Trinajstić information content (AvgIpc) is 2.94. The maximum atomic E-state index is 11.9. The minimum Gasteiger partial charge on any atom is -0.397 e. The van der Waals surface area contributed by atoms with E-state index in [4.69, 9.17) is 28.9 Å². The summed E-state index contributed by atoms with van der Waals surface area (Å²) in [5.74, 6) is 0.412. The molecule has 0 radical (unpaired) electrons. The molecule has 0 spiro atoms. The highest BCUT2D eigenvalue weighted by molar-refractivity contribution is 7.21. The van der Waals surface area contributed by atoms with E-state index in [0.29, 0.717) is 42.5 Å². The Labute approximate surface area is 165 Å². The molecule has 136 valence electrons. The second-order valence-electron chi connectivity index (χ2n) is 5.89. The fourth-order valence-corrected chi connectivity index (χ4v) is 3.88. The Morgan fingerprint density at radius 1 is 1.27 bits per heavy atom. The van der Waals surface area contributed by atoms with E-state index in [9.17, 15) is 4.79 Å². The van der Waals surface area contributed by atoms with Gasteiger partial charge in [0.05, 0.1) is 31.7 Å². The van der Waals surface area contributed by atoms with Gasteiger partial charge in [0.1, 0.15) is 4.83 Å². The molecule has 5 nitrogen and oxygen atoms in total. The Bertz CT molecular complexity index is 987. The quantitative estimate of drug-likeness (QED) is 0.405. The summed E-state index contributed by atoms with van der Waals surface area (Å²) in [6.07, 6.45) is 2.07. The molecule has 8 heteroatoms. The second-order valence-corrected chi connectivity index (χ2v) is 7.70. The van der Waals surface area contributed by atoms with Crippen LogP contribution in [0.5, 0.6) is 0 Å². The van der Waals surface area contributed by atoms with Crippen LogP contribution in [0.3, 0.4) is 0 Å². The molecule has 0 fully saturated rings. The highest BCUT2D eigenvalue weighted by Crippen LogP contribution is 2.40. The minimum absolute atomic E-state index is 0.0916. The summed E-state index contributed by atoms with van der Waals surface area (Å²) in [6, 6.07) is 5.29. The molecule has 2 aromatic heterocycles. The first-order valence-electron chi connectivity index (χ1n) is 8.22. The zero-order chi connectivity index (χ0) is 18.8. The monoisotopic (exact) mass is 408 g/mol. The molecule has 3 aromatic rings. The molecule has 2 heterocycles. The van der Waals surface area contributed by atoms with Gasteiger partial charge in [0.15, 0.2) is 5.78 Å². The molecule has 0 atom stereocenters. The lowest BCUT2D eigenvalue weighted by Gasteiger charge is -2.09. The molecule has 0 aliphatic carbocycles. The maximum Gasteiger partial charge on any atom is 0.224 e. The number of nitrogens with zero attached hydrogens (tertiary/aromatic N) is 2. The maximum absolute atomic E-state index is 11.9. The first-order chi connectivity index (χ1) is 12.4. The van der Waals surface area contributed by atoms with Crippen LogP contribution in [0.1, 0.15) is 36.4 Å². The van der Waals surface area contributed by atoms with Gasteiger partial charge in [-0.1, -0.05) is 42.6 Å². The molecular formula is C18H18Cl2N4OS. The summed E-state index contributed by atoms with van der Waals surface area (Å²) >= 11 is 13.5. The summed E-state index contributed by atoms with van der Waals surface area (Å²) in [7, 11) is 0. The molecule has 0 aliphatic rings. The standard InChI is InChI=1S/C18H18Cl2N4OS/c1-3-4-7-22-18-23-15(10-5-6-11(19)12(20)8-10)13-14(21)16(9(2)25)26-17(13)24-18/h5-6,8H,3-4,7,21H2,1-2H3,(H,22,23,24). The van der Waals surface area contributed by atoms with E-state index in [1.807, 2.05) is 6.07 Å².